The Morgan fingerprint density at radius 2 is 2.00 bits per heavy atom. The molecule has 1 aromatic rings. The summed E-state index contributed by atoms with van der Waals surface area (Å²) >= 11 is 16.3. The van der Waals surface area contributed by atoms with Gasteiger partial charge in [0.1, 0.15) is 4.34 Å². The first-order chi connectivity index (χ1) is 7.00. The third-order valence-electron chi connectivity index (χ3n) is 2.18. The highest BCUT2D eigenvalue weighted by Crippen LogP contribution is 2.58. The van der Waals surface area contributed by atoms with Crippen LogP contribution in [-0.4, -0.2) is 0 Å². The average Bonchev–Trinajstić information content (AvgIpc) is 2.61. The Hall–Kier alpha value is 0.840. The van der Waals surface area contributed by atoms with E-state index < -0.39 is 10.9 Å². The Balaban J connectivity index is 2.47. The van der Waals surface area contributed by atoms with Gasteiger partial charge in [0.05, 0.1) is 5.03 Å². The van der Waals surface area contributed by atoms with Gasteiger partial charge in [-0.15, -0.1) is 11.3 Å². The number of hydrogen-bond donors (Lipinski definition) is 1. The van der Waals surface area contributed by atoms with Crippen molar-refractivity contribution in [3.8, 4) is 0 Å². The van der Waals surface area contributed by atoms with Crippen LogP contribution in [0.4, 0.5) is 0 Å². The average molecular weight is 391 g/mol. The lowest BCUT2D eigenvalue weighted by atomic mass is 10.5. The second kappa shape index (κ2) is 4.61. The number of thiophene rings is 1. The van der Waals surface area contributed by atoms with Crippen LogP contribution in [0.15, 0.2) is 29.9 Å². The monoisotopic (exact) mass is 390 g/mol. The molecule has 1 aliphatic rings. The molecule has 82 valence electrons. The van der Waals surface area contributed by atoms with Crippen molar-refractivity contribution in [1.29, 1.82) is 0 Å². The fourth-order valence-electron chi connectivity index (χ4n) is 1.43. The summed E-state index contributed by atoms with van der Waals surface area (Å²) in [6.45, 7) is 4.18. The van der Waals surface area contributed by atoms with E-state index in [0.29, 0.717) is 0 Å². The molecule has 5 heteroatoms. The first kappa shape index (κ1) is 12.3. The maximum absolute atomic E-state index is 6.22. The highest BCUT2D eigenvalue weighted by atomic mass is 127. The van der Waals surface area contributed by atoms with Gasteiger partial charge in [-0.1, -0.05) is 23.2 Å². The summed E-state index contributed by atoms with van der Waals surface area (Å²) in [4.78, 5) is 3.77. The first-order valence-electron chi connectivity index (χ1n) is 4.30. The number of allylic oxidation sites excluding steroid dienone is 3. The van der Waals surface area contributed by atoms with Crippen molar-refractivity contribution >= 4 is 68.0 Å². The molecule has 0 bridgehead atoms. The SMILES string of the molecule is CC1=C(Cl)C(I)=C[SH]1c1cc(C)sc1Cl. The number of halogens is 3. The first-order valence-corrected chi connectivity index (χ1v) is 8.36. The maximum atomic E-state index is 6.22. The molecule has 0 saturated carbocycles. The van der Waals surface area contributed by atoms with E-state index in [1.165, 1.54) is 14.7 Å². The summed E-state index contributed by atoms with van der Waals surface area (Å²) in [6, 6.07) is 2.18. The van der Waals surface area contributed by atoms with Crippen LogP contribution in [0.25, 0.3) is 0 Å². The van der Waals surface area contributed by atoms with E-state index in [1.807, 2.05) is 0 Å². The van der Waals surface area contributed by atoms with Crippen molar-refractivity contribution in [2.75, 3.05) is 0 Å². The molecule has 15 heavy (non-hydrogen) atoms. The molecule has 0 radical (unpaired) electrons. The van der Waals surface area contributed by atoms with Crippen LogP contribution in [0, 0.1) is 6.92 Å². The fourth-order valence-corrected chi connectivity index (χ4v) is 7.03. The van der Waals surface area contributed by atoms with E-state index in [-0.39, 0.29) is 0 Å². The number of rotatable bonds is 1. The van der Waals surface area contributed by atoms with Crippen LogP contribution >= 0.6 is 68.0 Å². The van der Waals surface area contributed by atoms with Gasteiger partial charge in [0.15, 0.2) is 0 Å². The summed E-state index contributed by atoms with van der Waals surface area (Å²) in [7, 11) is -0.424. The van der Waals surface area contributed by atoms with Gasteiger partial charge in [-0.25, -0.2) is 0 Å². The molecule has 1 unspecified atom stereocenters. The van der Waals surface area contributed by atoms with Gasteiger partial charge >= 0.3 is 0 Å². The Morgan fingerprint density at radius 1 is 1.33 bits per heavy atom. The molecule has 0 aliphatic carbocycles. The molecular weight excluding hydrogens is 382 g/mol. The zero-order valence-electron chi connectivity index (χ0n) is 8.14. The predicted octanol–water partition coefficient (Wildman–Crippen LogP) is 5.83. The molecule has 1 aliphatic heterocycles. The smallest absolute Gasteiger partial charge is 0.106 e. The van der Waals surface area contributed by atoms with Gasteiger partial charge in [0.2, 0.25) is 0 Å². The second-order valence-corrected chi connectivity index (χ2v) is 8.81. The van der Waals surface area contributed by atoms with E-state index in [0.717, 1.165) is 12.9 Å². The van der Waals surface area contributed by atoms with Crippen LogP contribution in [0.1, 0.15) is 11.8 Å². The zero-order chi connectivity index (χ0) is 11.2. The largest absolute Gasteiger partial charge is 0.179 e. The summed E-state index contributed by atoms with van der Waals surface area (Å²) < 4.78 is 2.06. The Morgan fingerprint density at radius 3 is 2.40 bits per heavy atom. The van der Waals surface area contributed by atoms with Crippen LogP contribution in [0.3, 0.4) is 0 Å². The third kappa shape index (κ3) is 2.27. The van der Waals surface area contributed by atoms with Crippen LogP contribution in [-0.2, 0) is 0 Å². The van der Waals surface area contributed by atoms with Crippen LogP contribution in [0.2, 0.25) is 4.34 Å². The molecule has 0 aromatic carbocycles. The Labute approximate surface area is 120 Å². The molecule has 0 spiro atoms. The minimum atomic E-state index is -0.424. The van der Waals surface area contributed by atoms with Crippen LogP contribution < -0.4 is 0 Å². The fraction of sp³-hybridized carbons (Fsp3) is 0.200. The van der Waals surface area contributed by atoms with Crippen molar-refractivity contribution in [2.24, 2.45) is 0 Å². The van der Waals surface area contributed by atoms with Gasteiger partial charge in [-0.3, -0.25) is 0 Å². The molecule has 0 amide bonds. The minimum absolute atomic E-state index is 0.424. The van der Waals surface area contributed by atoms with Gasteiger partial charge < -0.3 is 0 Å². The number of hydrogen-bond acceptors (Lipinski definition) is 1. The van der Waals surface area contributed by atoms with Gasteiger partial charge in [-0.2, -0.15) is 10.9 Å². The van der Waals surface area contributed by atoms with E-state index in [9.17, 15) is 0 Å². The van der Waals surface area contributed by atoms with E-state index in [2.05, 4.69) is 47.9 Å². The van der Waals surface area contributed by atoms with Crippen molar-refractivity contribution in [1.82, 2.24) is 0 Å². The topological polar surface area (TPSA) is 0 Å². The normalized spacial score (nSPS) is 23.5. The van der Waals surface area contributed by atoms with E-state index >= 15 is 0 Å². The van der Waals surface area contributed by atoms with Crippen molar-refractivity contribution < 1.29 is 0 Å². The summed E-state index contributed by atoms with van der Waals surface area (Å²) in [5.74, 6) is 0. The predicted molar refractivity (Wildman–Crippen MR) is 82.0 cm³/mol. The Kier molecular flexibility index (Phi) is 3.78. The molecule has 0 saturated heterocycles. The summed E-state index contributed by atoms with van der Waals surface area (Å²) in [5, 5.41) is 3.14. The second-order valence-electron chi connectivity index (χ2n) is 3.26. The maximum Gasteiger partial charge on any atom is 0.106 e. The van der Waals surface area contributed by atoms with Crippen molar-refractivity contribution in [3.05, 3.63) is 34.2 Å². The minimum Gasteiger partial charge on any atom is -0.179 e. The van der Waals surface area contributed by atoms with Gasteiger partial charge in [0, 0.05) is 13.4 Å². The van der Waals surface area contributed by atoms with Gasteiger partial charge in [0.25, 0.3) is 0 Å². The standard InChI is InChI=1S/C10H9Cl2IS2/c1-5-3-8(10(12)14-5)15-4-7(13)9(11)6(15)2/h3-4,15H,1-2H3. The molecule has 0 nitrogen and oxygen atoms in total. The molecule has 1 atom stereocenters. The Bertz CT molecular complexity index is 474. The summed E-state index contributed by atoms with van der Waals surface area (Å²) in [6.07, 6.45) is 0. The number of aryl methyl sites for hydroxylation is 1. The highest BCUT2D eigenvalue weighted by molar-refractivity contribution is 14.1. The lowest BCUT2D eigenvalue weighted by molar-refractivity contribution is 1.50. The highest BCUT2D eigenvalue weighted by Gasteiger charge is 2.22. The zero-order valence-corrected chi connectivity index (χ0v) is 13.5. The van der Waals surface area contributed by atoms with Crippen molar-refractivity contribution in [2.45, 2.75) is 18.7 Å². The molecule has 1 aromatic heterocycles. The molecule has 2 heterocycles. The van der Waals surface area contributed by atoms with Crippen molar-refractivity contribution in [3.63, 3.8) is 0 Å². The molecule has 0 fully saturated rings. The van der Waals surface area contributed by atoms with E-state index in [1.54, 1.807) is 11.3 Å². The van der Waals surface area contributed by atoms with Crippen LogP contribution in [0.5, 0.6) is 0 Å². The van der Waals surface area contributed by atoms with Gasteiger partial charge in [-0.05, 0) is 52.8 Å². The lowest BCUT2D eigenvalue weighted by Gasteiger charge is -2.13. The number of thiol groups is 1. The summed E-state index contributed by atoms with van der Waals surface area (Å²) in [5.41, 5.74) is 0. The molecular formula is C10H9Cl2IS2. The molecule has 0 N–H and O–H groups in total. The lowest BCUT2D eigenvalue weighted by Crippen LogP contribution is -1.76. The van der Waals surface area contributed by atoms with E-state index in [4.69, 9.17) is 23.2 Å². The third-order valence-corrected chi connectivity index (χ3v) is 8.36. The quantitative estimate of drug-likeness (QED) is 0.452. The molecule has 2 rings (SSSR count).